The fourth-order valence-corrected chi connectivity index (χ4v) is 2.58. The van der Waals surface area contributed by atoms with Crippen LogP contribution in [0.15, 0.2) is 0 Å². The monoisotopic (exact) mass is 242 g/mol. The van der Waals surface area contributed by atoms with Crippen LogP contribution in [0.2, 0.25) is 0 Å². The highest BCUT2D eigenvalue weighted by atomic mass is 16.5. The lowest BCUT2D eigenvalue weighted by Crippen LogP contribution is -2.36. The van der Waals surface area contributed by atoms with Crippen LogP contribution in [-0.4, -0.2) is 23.1 Å². The van der Waals surface area contributed by atoms with Gasteiger partial charge in [0, 0.05) is 0 Å². The second kappa shape index (κ2) is 6.03. The van der Waals surface area contributed by atoms with Crippen LogP contribution < -0.4 is 0 Å². The van der Waals surface area contributed by atoms with Gasteiger partial charge in [0.25, 0.3) is 0 Å². The third-order valence-corrected chi connectivity index (χ3v) is 3.54. The minimum absolute atomic E-state index is 0.106. The third kappa shape index (κ3) is 4.36. The number of carbonyl (C=O) groups excluding carboxylic acids is 1. The highest BCUT2D eigenvalue weighted by Crippen LogP contribution is 2.35. The largest absolute Gasteiger partial charge is 0.481 e. The minimum Gasteiger partial charge on any atom is -0.481 e. The molecule has 1 fully saturated rings. The van der Waals surface area contributed by atoms with Crippen molar-refractivity contribution < 1.29 is 19.4 Å². The summed E-state index contributed by atoms with van der Waals surface area (Å²) in [6, 6.07) is 0. The molecule has 1 saturated carbocycles. The van der Waals surface area contributed by atoms with E-state index in [1.165, 1.54) is 0 Å². The van der Waals surface area contributed by atoms with Gasteiger partial charge in [-0.3, -0.25) is 9.59 Å². The van der Waals surface area contributed by atoms with Crippen molar-refractivity contribution in [3.63, 3.8) is 0 Å². The number of rotatable bonds is 4. The number of aliphatic carboxylic acids is 1. The van der Waals surface area contributed by atoms with Gasteiger partial charge in [-0.2, -0.15) is 0 Å². The molecule has 4 heteroatoms. The van der Waals surface area contributed by atoms with Crippen LogP contribution in [0.3, 0.4) is 0 Å². The van der Waals surface area contributed by atoms with E-state index in [0.29, 0.717) is 17.8 Å². The SMILES string of the molecule is CC1CCC(C(C)C)C(OC(=O)CC(=O)O)C1. The predicted octanol–water partition coefficient (Wildman–Crippen LogP) is 2.47. The van der Waals surface area contributed by atoms with Crippen LogP contribution >= 0.6 is 0 Å². The van der Waals surface area contributed by atoms with Crippen molar-refractivity contribution in [2.45, 2.75) is 52.6 Å². The normalized spacial score (nSPS) is 29.1. The molecule has 0 aromatic rings. The van der Waals surface area contributed by atoms with Crippen molar-refractivity contribution in [1.82, 2.24) is 0 Å². The van der Waals surface area contributed by atoms with E-state index in [0.717, 1.165) is 19.3 Å². The molecule has 0 radical (unpaired) electrons. The summed E-state index contributed by atoms with van der Waals surface area (Å²) < 4.78 is 5.33. The molecule has 3 atom stereocenters. The molecule has 0 saturated heterocycles. The van der Waals surface area contributed by atoms with Crippen molar-refractivity contribution >= 4 is 11.9 Å². The molecule has 1 aliphatic rings. The van der Waals surface area contributed by atoms with E-state index in [-0.39, 0.29) is 6.10 Å². The number of ether oxygens (including phenoxy) is 1. The second-order valence-electron chi connectivity index (χ2n) is 5.42. The van der Waals surface area contributed by atoms with E-state index in [9.17, 15) is 9.59 Å². The molecule has 0 bridgehead atoms. The van der Waals surface area contributed by atoms with Crippen LogP contribution in [0.25, 0.3) is 0 Å². The Labute approximate surface area is 102 Å². The fourth-order valence-electron chi connectivity index (χ4n) is 2.58. The van der Waals surface area contributed by atoms with Gasteiger partial charge in [-0.1, -0.05) is 27.2 Å². The Morgan fingerprint density at radius 1 is 1.35 bits per heavy atom. The van der Waals surface area contributed by atoms with Crippen molar-refractivity contribution in [2.75, 3.05) is 0 Å². The highest BCUT2D eigenvalue weighted by molar-refractivity contribution is 5.90. The number of carboxylic acids is 1. The van der Waals surface area contributed by atoms with Crippen molar-refractivity contribution in [2.24, 2.45) is 17.8 Å². The van der Waals surface area contributed by atoms with Crippen LogP contribution in [0, 0.1) is 17.8 Å². The first kappa shape index (κ1) is 14.0. The lowest BCUT2D eigenvalue weighted by molar-refractivity contribution is -0.160. The van der Waals surface area contributed by atoms with E-state index >= 15 is 0 Å². The smallest absolute Gasteiger partial charge is 0.317 e. The molecule has 3 unspecified atom stereocenters. The van der Waals surface area contributed by atoms with Gasteiger partial charge in [0.2, 0.25) is 0 Å². The summed E-state index contributed by atoms with van der Waals surface area (Å²) in [7, 11) is 0. The summed E-state index contributed by atoms with van der Waals surface area (Å²) in [6.45, 7) is 6.39. The van der Waals surface area contributed by atoms with Gasteiger partial charge in [-0.05, 0) is 30.6 Å². The second-order valence-corrected chi connectivity index (χ2v) is 5.42. The predicted molar refractivity (Wildman–Crippen MR) is 63.5 cm³/mol. The molecule has 98 valence electrons. The molecule has 1 N–H and O–H groups in total. The Morgan fingerprint density at radius 2 is 2.00 bits per heavy atom. The van der Waals surface area contributed by atoms with Crippen LogP contribution in [-0.2, 0) is 14.3 Å². The minimum atomic E-state index is -1.13. The van der Waals surface area contributed by atoms with Gasteiger partial charge in [0.1, 0.15) is 12.5 Å². The Kier molecular flexibility index (Phi) is 4.97. The zero-order valence-electron chi connectivity index (χ0n) is 10.8. The first-order valence-electron chi connectivity index (χ1n) is 6.31. The van der Waals surface area contributed by atoms with Crippen LogP contribution in [0.5, 0.6) is 0 Å². The topological polar surface area (TPSA) is 63.6 Å². The molecular formula is C13H22O4. The highest BCUT2D eigenvalue weighted by Gasteiger charge is 2.33. The van der Waals surface area contributed by atoms with Gasteiger partial charge in [0.15, 0.2) is 0 Å². The zero-order valence-corrected chi connectivity index (χ0v) is 10.8. The van der Waals surface area contributed by atoms with Gasteiger partial charge in [-0.15, -0.1) is 0 Å². The number of carbonyl (C=O) groups is 2. The van der Waals surface area contributed by atoms with Gasteiger partial charge < -0.3 is 9.84 Å². The molecule has 0 heterocycles. The van der Waals surface area contributed by atoms with Crippen LogP contribution in [0.1, 0.15) is 46.5 Å². The molecule has 1 rings (SSSR count). The molecule has 17 heavy (non-hydrogen) atoms. The van der Waals surface area contributed by atoms with E-state index in [4.69, 9.17) is 9.84 Å². The molecule has 0 aromatic heterocycles. The maximum Gasteiger partial charge on any atom is 0.317 e. The summed E-state index contributed by atoms with van der Waals surface area (Å²) in [5.41, 5.74) is 0. The van der Waals surface area contributed by atoms with Crippen LogP contribution in [0.4, 0.5) is 0 Å². The summed E-state index contributed by atoms with van der Waals surface area (Å²) in [6.07, 6.45) is 2.44. The number of hydrogen-bond donors (Lipinski definition) is 1. The Balaban J connectivity index is 2.57. The number of carboxylic acid groups (broad SMARTS) is 1. The van der Waals surface area contributed by atoms with E-state index in [2.05, 4.69) is 20.8 Å². The van der Waals surface area contributed by atoms with Gasteiger partial charge >= 0.3 is 11.9 Å². The van der Waals surface area contributed by atoms with E-state index in [1.54, 1.807) is 0 Å². The summed E-state index contributed by atoms with van der Waals surface area (Å²) in [4.78, 5) is 21.8. The Morgan fingerprint density at radius 3 is 2.53 bits per heavy atom. The van der Waals surface area contributed by atoms with E-state index < -0.39 is 18.4 Å². The quantitative estimate of drug-likeness (QED) is 0.607. The Bertz CT molecular complexity index is 285. The molecule has 0 amide bonds. The average Bonchev–Trinajstić information content (AvgIpc) is 2.15. The summed E-state index contributed by atoms with van der Waals surface area (Å²) in [5, 5.41) is 8.54. The number of hydrogen-bond acceptors (Lipinski definition) is 3. The van der Waals surface area contributed by atoms with Gasteiger partial charge in [-0.25, -0.2) is 0 Å². The first-order chi connectivity index (χ1) is 7.90. The fraction of sp³-hybridized carbons (Fsp3) is 0.846. The Hall–Kier alpha value is -1.06. The molecule has 4 nitrogen and oxygen atoms in total. The van der Waals surface area contributed by atoms with Crippen molar-refractivity contribution in [3.8, 4) is 0 Å². The molecule has 1 aliphatic carbocycles. The van der Waals surface area contributed by atoms with E-state index in [1.807, 2.05) is 0 Å². The first-order valence-corrected chi connectivity index (χ1v) is 6.31. The average molecular weight is 242 g/mol. The number of esters is 1. The molecule has 0 aliphatic heterocycles. The van der Waals surface area contributed by atoms with Crippen molar-refractivity contribution in [1.29, 1.82) is 0 Å². The van der Waals surface area contributed by atoms with Crippen molar-refractivity contribution in [3.05, 3.63) is 0 Å². The lowest BCUT2D eigenvalue weighted by Gasteiger charge is -2.36. The summed E-state index contributed by atoms with van der Waals surface area (Å²) >= 11 is 0. The summed E-state index contributed by atoms with van der Waals surface area (Å²) in [5.74, 6) is -0.357. The standard InChI is InChI=1S/C13H22O4/c1-8(2)10-5-4-9(3)6-11(10)17-13(16)7-12(14)15/h8-11H,4-7H2,1-3H3,(H,14,15). The lowest BCUT2D eigenvalue weighted by atomic mass is 9.75. The van der Waals surface area contributed by atoms with Gasteiger partial charge in [0.05, 0.1) is 0 Å². The third-order valence-electron chi connectivity index (χ3n) is 3.54. The zero-order chi connectivity index (χ0) is 13.0. The maximum atomic E-state index is 11.4. The maximum absolute atomic E-state index is 11.4. The molecule has 0 aromatic carbocycles. The molecule has 0 spiro atoms. The molecular weight excluding hydrogens is 220 g/mol.